The van der Waals surface area contributed by atoms with Crippen LogP contribution in [0.4, 0.5) is 10.9 Å². The second kappa shape index (κ2) is 9.32. The predicted molar refractivity (Wildman–Crippen MR) is 132 cm³/mol. The van der Waals surface area contributed by atoms with E-state index in [0.29, 0.717) is 11.5 Å². The van der Waals surface area contributed by atoms with Crippen LogP contribution in [-0.2, 0) is 0 Å². The van der Waals surface area contributed by atoms with E-state index < -0.39 is 0 Å². The largest absolute Gasteiger partial charge is 0.343 e. The Labute approximate surface area is 192 Å². The van der Waals surface area contributed by atoms with Crippen LogP contribution in [-0.4, -0.2) is 15.9 Å². The Morgan fingerprint density at radius 3 is 2.19 bits per heavy atom. The van der Waals surface area contributed by atoms with Crippen molar-refractivity contribution in [1.29, 1.82) is 0 Å². The third-order valence-corrected chi connectivity index (χ3v) is 6.11. The van der Waals surface area contributed by atoms with Crippen molar-refractivity contribution in [3.8, 4) is 0 Å². The van der Waals surface area contributed by atoms with Gasteiger partial charge in [-0.3, -0.25) is 4.79 Å². The number of thiophene rings is 1. The van der Waals surface area contributed by atoms with E-state index in [1.54, 1.807) is 11.3 Å². The van der Waals surface area contributed by atoms with Crippen LogP contribution >= 0.6 is 11.3 Å². The summed E-state index contributed by atoms with van der Waals surface area (Å²) in [6.07, 6.45) is 0. The van der Waals surface area contributed by atoms with Gasteiger partial charge in [0, 0.05) is 27.4 Å². The summed E-state index contributed by atoms with van der Waals surface area (Å²) in [7, 11) is 0. The number of carbonyl (C=O) groups excluding carboxylic acids is 1. The lowest BCUT2D eigenvalue weighted by Crippen LogP contribution is -2.18. The highest BCUT2D eigenvalue weighted by Gasteiger charge is 2.23. The fourth-order valence-corrected chi connectivity index (χ4v) is 4.58. The zero-order valence-corrected chi connectivity index (χ0v) is 19.5. The zero-order valence-electron chi connectivity index (χ0n) is 18.6. The van der Waals surface area contributed by atoms with Gasteiger partial charge >= 0.3 is 0 Å². The van der Waals surface area contributed by atoms with Crippen LogP contribution in [0.5, 0.6) is 0 Å². The fourth-order valence-electron chi connectivity index (χ4n) is 3.63. The summed E-state index contributed by atoms with van der Waals surface area (Å²) >= 11 is 1.57. The first kappa shape index (κ1) is 21.7. The molecule has 0 saturated heterocycles. The highest BCUT2D eigenvalue weighted by molar-refractivity contribution is 7.16. The van der Waals surface area contributed by atoms with Crippen molar-refractivity contribution < 1.29 is 4.79 Å². The number of benzene rings is 2. The normalized spacial score (nSPS) is 11.8. The molecule has 32 heavy (non-hydrogen) atoms. The molecule has 0 spiro atoms. The standard InChI is InChI=1S/C26H26N4OS/c1-16-10-12-20(13-11-16)23(29-26-27-17(2)14-18(3)28-26)22-15-19(4)32-25(22)30-24(31)21-8-6-5-7-9-21/h5-15,23H,1-4H3,(H,30,31)(H,27,28,29). The van der Waals surface area contributed by atoms with Gasteiger partial charge in [0.05, 0.1) is 6.04 Å². The number of hydrogen-bond donors (Lipinski definition) is 2. The minimum Gasteiger partial charge on any atom is -0.343 e. The quantitative estimate of drug-likeness (QED) is 0.372. The first-order valence-electron chi connectivity index (χ1n) is 10.5. The smallest absolute Gasteiger partial charge is 0.256 e. The highest BCUT2D eigenvalue weighted by atomic mass is 32.1. The van der Waals surface area contributed by atoms with Crippen LogP contribution in [0.1, 0.15) is 49.4 Å². The summed E-state index contributed by atoms with van der Waals surface area (Å²) in [4.78, 5) is 23.2. The van der Waals surface area contributed by atoms with Crippen LogP contribution in [0, 0.1) is 27.7 Å². The SMILES string of the molecule is Cc1ccc(C(Nc2nc(C)cc(C)n2)c2cc(C)sc2NC(=O)c2ccccc2)cc1. The summed E-state index contributed by atoms with van der Waals surface area (Å²) in [5.74, 6) is 0.441. The number of anilines is 2. The van der Waals surface area contributed by atoms with Crippen molar-refractivity contribution in [1.82, 2.24) is 9.97 Å². The topological polar surface area (TPSA) is 66.9 Å². The monoisotopic (exact) mass is 442 g/mol. The number of nitrogens with one attached hydrogen (secondary N) is 2. The summed E-state index contributed by atoms with van der Waals surface area (Å²) in [6, 6.07) is 21.5. The molecule has 1 amide bonds. The molecular weight excluding hydrogens is 416 g/mol. The van der Waals surface area contributed by atoms with Gasteiger partial charge in [-0.2, -0.15) is 0 Å². The van der Waals surface area contributed by atoms with E-state index in [2.05, 4.69) is 57.9 Å². The highest BCUT2D eigenvalue weighted by Crippen LogP contribution is 2.37. The average molecular weight is 443 g/mol. The maximum absolute atomic E-state index is 12.9. The van der Waals surface area contributed by atoms with E-state index in [0.717, 1.165) is 32.4 Å². The minimum absolute atomic E-state index is 0.126. The molecule has 1 unspecified atom stereocenters. The molecule has 4 aromatic rings. The third kappa shape index (κ3) is 5.03. The Hall–Kier alpha value is -3.51. The van der Waals surface area contributed by atoms with E-state index in [1.807, 2.05) is 57.2 Å². The molecule has 0 aliphatic rings. The van der Waals surface area contributed by atoms with Crippen molar-refractivity contribution in [3.63, 3.8) is 0 Å². The van der Waals surface area contributed by atoms with Crippen molar-refractivity contribution in [3.05, 3.63) is 105 Å². The number of aromatic nitrogens is 2. The van der Waals surface area contributed by atoms with E-state index in [9.17, 15) is 4.79 Å². The summed E-state index contributed by atoms with van der Waals surface area (Å²) in [6.45, 7) is 8.04. The molecule has 0 aliphatic heterocycles. The molecule has 162 valence electrons. The molecule has 5 nitrogen and oxygen atoms in total. The number of nitrogens with zero attached hydrogens (tertiary/aromatic N) is 2. The van der Waals surface area contributed by atoms with Gasteiger partial charge < -0.3 is 10.6 Å². The number of rotatable bonds is 6. The maximum atomic E-state index is 12.9. The summed E-state index contributed by atoms with van der Waals surface area (Å²) < 4.78 is 0. The van der Waals surface area contributed by atoms with Crippen molar-refractivity contribution in [2.24, 2.45) is 0 Å². The van der Waals surface area contributed by atoms with E-state index in [-0.39, 0.29) is 11.9 Å². The average Bonchev–Trinajstić information content (AvgIpc) is 3.12. The molecule has 0 radical (unpaired) electrons. The van der Waals surface area contributed by atoms with Gasteiger partial charge in [0.1, 0.15) is 5.00 Å². The molecule has 0 fully saturated rings. The summed E-state index contributed by atoms with van der Waals surface area (Å²) in [5.41, 5.74) is 5.69. The van der Waals surface area contributed by atoms with Crippen LogP contribution in [0.15, 0.2) is 66.7 Å². The van der Waals surface area contributed by atoms with Gasteiger partial charge in [0.2, 0.25) is 5.95 Å². The van der Waals surface area contributed by atoms with Gasteiger partial charge in [0.15, 0.2) is 0 Å². The van der Waals surface area contributed by atoms with E-state index >= 15 is 0 Å². The van der Waals surface area contributed by atoms with Crippen LogP contribution in [0.3, 0.4) is 0 Å². The number of aryl methyl sites for hydroxylation is 4. The Balaban J connectivity index is 1.74. The Morgan fingerprint density at radius 1 is 0.875 bits per heavy atom. The second-order valence-corrected chi connectivity index (χ2v) is 9.18. The molecule has 2 aromatic carbocycles. The van der Waals surface area contributed by atoms with Crippen molar-refractivity contribution >= 4 is 28.2 Å². The molecule has 2 heterocycles. The maximum Gasteiger partial charge on any atom is 0.256 e. The van der Waals surface area contributed by atoms with E-state index in [1.165, 1.54) is 5.56 Å². The van der Waals surface area contributed by atoms with Gasteiger partial charge in [-0.15, -0.1) is 11.3 Å². The molecule has 0 aliphatic carbocycles. The molecular formula is C26H26N4OS. The Morgan fingerprint density at radius 2 is 1.53 bits per heavy atom. The second-order valence-electron chi connectivity index (χ2n) is 7.92. The number of carbonyl (C=O) groups is 1. The number of amides is 1. The van der Waals surface area contributed by atoms with Gasteiger partial charge in [-0.1, -0.05) is 48.0 Å². The molecule has 4 rings (SSSR count). The Bertz CT molecular complexity index is 1210. The predicted octanol–water partition coefficient (Wildman–Crippen LogP) is 6.23. The molecule has 1 atom stereocenters. The third-order valence-electron chi connectivity index (χ3n) is 5.12. The molecule has 6 heteroatoms. The minimum atomic E-state index is -0.215. The van der Waals surface area contributed by atoms with Crippen LogP contribution in [0.2, 0.25) is 0 Å². The summed E-state index contributed by atoms with van der Waals surface area (Å²) in [5, 5.41) is 7.45. The number of hydrogen-bond acceptors (Lipinski definition) is 5. The van der Waals surface area contributed by atoms with Crippen LogP contribution in [0.25, 0.3) is 0 Å². The molecule has 0 saturated carbocycles. The van der Waals surface area contributed by atoms with Crippen molar-refractivity contribution in [2.45, 2.75) is 33.7 Å². The van der Waals surface area contributed by atoms with E-state index in [4.69, 9.17) is 0 Å². The molecule has 0 bridgehead atoms. The first-order chi connectivity index (χ1) is 15.4. The zero-order chi connectivity index (χ0) is 22.7. The lowest BCUT2D eigenvalue weighted by atomic mass is 9.99. The van der Waals surface area contributed by atoms with Gasteiger partial charge in [-0.05, 0) is 57.5 Å². The Kier molecular flexibility index (Phi) is 6.32. The fraction of sp³-hybridized carbons (Fsp3) is 0.192. The molecule has 2 aromatic heterocycles. The lowest BCUT2D eigenvalue weighted by molar-refractivity contribution is 0.102. The lowest BCUT2D eigenvalue weighted by Gasteiger charge is -2.21. The van der Waals surface area contributed by atoms with Crippen LogP contribution < -0.4 is 10.6 Å². The van der Waals surface area contributed by atoms with Gasteiger partial charge in [-0.25, -0.2) is 9.97 Å². The van der Waals surface area contributed by atoms with Gasteiger partial charge in [0.25, 0.3) is 5.91 Å². The van der Waals surface area contributed by atoms with Crippen molar-refractivity contribution in [2.75, 3.05) is 10.6 Å². The first-order valence-corrected chi connectivity index (χ1v) is 11.3. The molecule has 2 N–H and O–H groups in total.